The van der Waals surface area contributed by atoms with Crippen LogP contribution < -0.4 is 0 Å². The van der Waals surface area contributed by atoms with Crippen LogP contribution >= 0.6 is 11.8 Å². The highest BCUT2D eigenvalue weighted by atomic mass is 32.2. The maximum Gasteiger partial charge on any atom is 0.0599 e. The Balaban J connectivity index is 2.57. The first kappa shape index (κ1) is 4.91. The van der Waals surface area contributed by atoms with E-state index in [-0.39, 0.29) is 0 Å². The van der Waals surface area contributed by atoms with Crippen LogP contribution in [0.5, 0.6) is 0 Å². The largest absolute Gasteiger partial charge is 0.258 e. The molecule has 0 saturated heterocycles. The lowest BCUT2D eigenvalue weighted by molar-refractivity contribution is 1.35. The summed E-state index contributed by atoms with van der Waals surface area (Å²) in [6.07, 6.45) is 1.90. The summed E-state index contributed by atoms with van der Waals surface area (Å²) < 4.78 is 0. The maximum atomic E-state index is 3.93. The third kappa shape index (κ3) is 1.35. The molecule has 0 N–H and O–H groups in total. The molecule has 1 rings (SSSR count). The highest BCUT2D eigenvalue weighted by molar-refractivity contribution is 8.12. The SMILES string of the molecule is CC1=CN=CSC1. The van der Waals surface area contributed by atoms with Gasteiger partial charge in [-0.15, -0.1) is 11.8 Å². The smallest absolute Gasteiger partial charge is 0.0599 e. The lowest BCUT2D eigenvalue weighted by atomic mass is 10.4. The molecule has 1 heterocycles. The molecule has 0 spiro atoms. The molecule has 0 bridgehead atoms. The van der Waals surface area contributed by atoms with Gasteiger partial charge in [-0.25, -0.2) is 0 Å². The molecule has 0 unspecified atom stereocenters. The summed E-state index contributed by atoms with van der Waals surface area (Å²) in [6.45, 7) is 2.09. The van der Waals surface area contributed by atoms with E-state index in [0.29, 0.717) is 0 Å². The molecular formula is C5H7NS. The lowest BCUT2D eigenvalue weighted by Gasteiger charge is -1.97. The van der Waals surface area contributed by atoms with Gasteiger partial charge < -0.3 is 0 Å². The fourth-order valence-corrected chi connectivity index (χ4v) is 0.966. The van der Waals surface area contributed by atoms with Crippen molar-refractivity contribution in [2.75, 3.05) is 5.75 Å². The Morgan fingerprint density at radius 2 is 2.71 bits per heavy atom. The Morgan fingerprint density at radius 1 is 1.86 bits per heavy atom. The fraction of sp³-hybridized carbons (Fsp3) is 0.400. The second kappa shape index (κ2) is 2.17. The fourth-order valence-electron chi connectivity index (χ4n) is 0.407. The average molecular weight is 113 g/mol. The topological polar surface area (TPSA) is 12.4 Å². The highest BCUT2D eigenvalue weighted by Crippen LogP contribution is 2.08. The van der Waals surface area contributed by atoms with Crippen molar-refractivity contribution in [1.29, 1.82) is 0 Å². The number of thioether (sulfide) groups is 1. The van der Waals surface area contributed by atoms with Crippen LogP contribution in [0, 0.1) is 0 Å². The molecule has 0 aliphatic carbocycles. The van der Waals surface area contributed by atoms with Gasteiger partial charge in [0.05, 0.1) is 5.55 Å². The number of nitrogens with zero attached hydrogens (tertiary/aromatic N) is 1. The first-order valence-corrected chi connectivity index (χ1v) is 3.23. The van der Waals surface area contributed by atoms with Crippen molar-refractivity contribution >= 4 is 17.3 Å². The molecule has 7 heavy (non-hydrogen) atoms. The van der Waals surface area contributed by atoms with Crippen molar-refractivity contribution < 1.29 is 0 Å². The van der Waals surface area contributed by atoms with Crippen molar-refractivity contribution in [3.8, 4) is 0 Å². The van der Waals surface area contributed by atoms with Gasteiger partial charge in [0, 0.05) is 12.0 Å². The van der Waals surface area contributed by atoms with Crippen LogP contribution in [0.4, 0.5) is 0 Å². The van der Waals surface area contributed by atoms with Gasteiger partial charge in [-0.2, -0.15) is 0 Å². The van der Waals surface area contributed by atoms with Gasteiger partial charge in [0.15, 0.2) is 0 Å². The Bertz CT molecular complexity index is 115. The molecule has 0 atom stereocenters. The third-order valence-corrected chi connectivity index (χ3v) is 1.63. The van der Waals surface area contributed by atoms with E-state index in [4.69, 9.17) is 0 Å². The minimum Gasteiger partial charge on any atom is -0.258 e. The standard InChI is InChI=1S/C5H7NS/c1-5-2-6-4-7-3-5/h2,4H,3H2,1H3. The summed E-state index contributed by atoms with van der Waals surface area (Å²) in [5.41, 5.74) is 3.22. The lowest BCUT2D eigenvalue weighted by Crippen LogP contribution is -1.84. The van der Waals surface area contributed by atoms with E-state index in [2.05, 4.69) is 11.9 Å². The van der Waals surface area contributed by atoms with Crippen molar-refractivity contribution in [2.24, 2.45) is 4.99 Å². The van der Waals surface area contributed by atoms with E-state index < -0.39 is 0 Å². The molecule has 0 aromatic rings. The number of aliphatic imine (C=N–C) groups is 1. The number of hydrogen-bond donors (Lipinski definition) is 0. The third-order valence-electron chi connectivity index (χ3n) is 0.741. The molecule has 0 radical (unpaired) electrons. The average Bonchev–Trinajstić information content (AvgIpc) is 1.69. The summed E-state index contributed by atoms with van der Waals surface area (Å²) in [5, 5.41) is 0. The molecule has 0 aromatic carbocycles. The number of hydrogen-bond acceptors (Lipinski definition) is 2. The highest BCUT2D eigenvalue weighted by Gasteiger charge is 1.90. The van der Waals surface area contributed by atoms with Gasteiger partial charge in [0.25, 0.3) is 0 Å². The van der Waals surface area contributed by atoms with E-state index in [9.17, 15) is 0 Å². The quantitative estimate of drug-likeness (QED) is 0.465. The van der Waals surface area contributed by atoms with Gasteiger partial charge in [-0.05, 0) is 12.5 Å². The molecule has 0 fully saturated rings. The molecule has 0 aromatic heterocycles. The second-order valence-electron chi connectivity index (χ2n) is 1.54. The second-order valence-corrected chi connectivity index (χ2v) is 2.37. The van der Waals surface area contributed by atoms with E-state index >= 15 is 0 Å². The molecule has 0 amide bonds. The van der Waals surface area contributed by atoms with Crippen molar-refractivity contribution in [2.45, 2.75) is 6.92 Å². The molecule has 1 aliphatic rings. The zero-order valence-electron chi connectivity index (χ0n) is 4.22. The normalized spacial score (nSPS) is 19.3. The monoisotopic (exact) mass is 113 g/mol. The molecule has 0 saturated carbocycles. The van der Waals surface area contributed by atoms with Crippen LogP contribution in [0.2, 0.25) is 0 Å². The first-order chi connectivity index (χ1) is 3.39. The Kier molecular flexibility index (Phi) is 1.52. The van der Waals surface area contributed by atoms with Crippen LogP contribution in [-0.2, 0) is 0 Å². The molecular weight excluding hydrogens is 106 g/mol. The van der Waals surface area contributed by atoms with Crippen LogP contribution in [0.25, 0.3) is 0 Å². The van der Waals surface area contributed by atoms with Crippen molar-refractivity contribution in [1.82, 2.24) is 0 Å². The predicted molar refractivity (Wildman–Crippen MR) is 34.7 cm³/mol. The van der Waals surface area contributed by atoms with Gasteiger partial charge in [0.1, 0.15) is 0 Å². The van der Waals surface area contributed by atoms with Crippen LogP contribution in [0.15, 0.2) is 16.8 Å². The van der Waals surface area contributed by atoms with Gasteiger partial charge in [-0.1, -0.05) is 0 Å². The Morgan fingerprint density at radius 3 is 3.00 bits per heavy atom. The minimum atomic E-state index is 1.11. The van der Waals surface area contributed by atoms with E-state index in [1.165, 1.54) is 5.57 Å². The van der Waals surface area contributed by atoms with Gasteiger partial charge in [0.2, 0.25) is 0 Å². The number of rotatable bonds is 0. The van der Waals surface area contributed by atoms with Crippen molar-refractivity contribution in [3.63, 3.8) is 0 Å². The van der Waals surface area contributed by atoms with Gasteiger partial charge >= 0.3 is 0 Å². The van der Waals surface area contributed by atoms with E-state index in [0.717, 1.165) is 5.75 Å². The summed E-state index contributed by atoms with van der Waals surface area (Å²) in [5.74, 6) is 1.11. The predicted octanol–water partition coefficient (Wildman–Crippen LogP) is 1.67. The molecule has 38 valence electrons. The summed E-state index contributed by atoms with van der Waals surface area (Å²) in [6, 6.07) is 0. The maximum absolute atomic E-state index is 3.93. The van der Waals surface area contributed by atoms with Crippen molar-refractivity contribution in [3.05, 3.63) is 11.8 Å². The Hall–Kier alpha value is -0.240. The zero-order valence-corrected chi connectivity index (χ0v) is 5.03. The Labute approximate surface area is 47.5 Å². The summed E-state index contributed by atoms with van der Waals surface area (Å²) >= 11 is 1.74. The van der Waals surface area contributed by atoms with Gasteiger partial charge in [-0.3, -0.25) is 4.99 Å². The molecule has 1 aliphatic heterocycles. The minimum absolute atomic E-state index is 1.11. The molecule has 1 nitrogen and oxygen atoms in total. The van der Waals surface area contributed by atoms with Crippen LogP contribution in [-0.4, -0.2) is 11.3 Å². The van der Waals surface area contributed by atoms with E-state index in [1.807, 2.05) is 11.7 Å². The zero-order chi connectivity index (χ0) is 5.11. The summed E-state index contributed by atoms with van der Waals surface area (Å²) in [7, 11) is 0. The summed E-state index contributed by atoms with van der Waals surface area (Å²) in [4.78, 5) is 3.93. The molecule has 2 heteroatoms. The van der Waals surface area contributed by atoms with Crippen LogP contribution in [0.1, 0.15) is 6.92 Å². The first-order valence-electron chi connectivity index (χ1n) is 2.18. The van der Waals surface area contributed by atoms with Crippen LogP contribution in [0.3, 0.4) is 0 Å². The van der Waals surface area contributed by atoms with E-state index in [1.54, 1.807) is 11.8 Å².